The van der Waals surface area contributed by atoms with Crippen molar-refractivity contribution in [3.8, 4) is 0 Å². The fourth-order valence-electron chi connectivity index (χ4n) is 1.86. The molecule has 0 atom stereocenters. The van der Waals surface area contributed by atoms with Crippen LogP contribution in [0.4, 0.5) is 0 Å². The third kappa shape index (κ3) is 3.22. The Bertz CT molecular complexity index is 438. The van der Waals surface area contributed by atoms with E-state index < -0.39 is 10.0 Å². The van der Waals surface area contributed by atoms with Crippen LogP contribution in [0.3, 0.4) is 0 Å². The Labute approximate surface area is 106 Å². The molecule has 0 radical (unpaired) electrons. The quantitative estimate of drug-likeness (QED) is 0.769. The molecule has 1 fully saturated rings. The number of hydrogen-bond donors (Lipinski definition) is 0. The fourth-order valence-corrected chi connectivity index (χ4v) is 3.13. The van der Waals surface area contributed by atoms with Gasteiger partial charge in [0.2, 0.25) is 10.0 Å². The van der Waals surface area contributed by atoms with Crippen LogP contribution in [0.15, 0.2) is 22.8 Å². The Morgan fingerprint density at radius 1 is 1.29 bits per heavy atom. The van der Waals surface area contributed by atoms with Gasteiger partial charge in [-0.25, -0.2) is 8.42 Å². The van der Waals surface area contributed by atoms with Gasteiger partial charge in [0.1, 0.15) is 11.0 Å². The molecule has 1 saturated heterocycles. The van der Waals surface area contributed by atoms with Crippen molar-refractivity contribution in [1.29, 1.82) is 0 Å². The van der Waals surface area contributed by atoms with Crippen LogP contribution in [-0.4, -0.2) is 49.0 Å². The van der Waals surface area contributed by atoms with E-state index in [9.17, 15) is 8.42 Å². The van der Waals surface area contributed by atoms with Crippen molar-refractivity contribution >= 4 is 21.6 Å². The molecule has 0 amide bonds. The van der Waals surface area contributed by atoms with Gasteiger partial charge in [-0.05, 0) is 12.1 Å². The summed E-state index contributed by atoms with van der Waals surface area (Å²) in [6.45, 7) is 3.13. The minimum absolute atomic E-state index is 0.342. The van der Waals surface area contributed by atoms with Crippen LogP contribution in [-0.2, 0) is 16.6 Å². The van der Waals surface area contributed by atoms with E-state index in [1.54, 1.807) is 6.26 Å². The molecule has 1 aliphatic rings. The van der Waals surface area contributed by atoms with Gasteiger partial charge < -0.3 is 4.42 Å². The van der Waals surface area contributed by atoms with Crippen LogP contribution in [0.5, 0.6) is 0 Å². The summed E-state index contributed by atoms with van der Waals surface area (Å²) in [6, 6.07) is 3.77. The topological polar surface area (TPSA) is 53.8 Å². The lowest BCUT2D eigenvalue weighted by molar-refractivity contribution is 0.171. The lowest BCUT2D eigenvalue weighted by Gasteiger charge is -2.32. The van der Waals surface area contributed by atoms with E-state index in [-0.39, 0.29) is 5.21 Å². The maximum atomic E-state index is 11.5. The first kappa shape index (κ1) is 12.9. The van der Waals surface area contributed by atoms with Crippen molar-refractivity contribution in [2.75, 3.05) is 31.4 Å². The first-order valence-electron chi connectivity index (χ1n) is 5.40. The average molecular weight is 279 g/mol. The summed E-state index contributed by atoms with van der Waals surface area (Å²) in [4.78, 5) is 2.17. The minimum Gasteiger partial charge on any atom is -0.468 e. The molecule has 0 aromatic carbocycles. The molecule has 2 heterocycles. The van der Waals surface area contributed by atoms with E-state index in [1.807, 2.05) is 12.1 Å². The minimum atomic E-state index is -3.26. The molecule has 1 aromatic heterocycles. The van der Waals surface area contributed by atoms with Gasteiger partial charge in [0.25, 0.3) is 0 Å². The molecule has 2 rings (SSSR count). The zero-order valence-corrected chi connectivity index (χ0v) is 11.0. The predicted octanol–water partition coefficient (Wildman–Crippen LogP) is 0.923. The average Bonchev–Trinajstić information content (AvgIpc) is 2.83. The molecule has 0 spiro atoms. The van der Waals surface area contributed by atoms with Crippen molar-refractivity contribution in [2.24, 2.45) is 0 Å². The first-order valence-corrected chi connectivity index (χ1v) is 7.55. The molecule has 0 N–H and O–H groups in total. The highest BCUT2D eigenvalue weighted by molar-refractivity contribution is 7.90. The number of halogens is 1. The van der Waals surface area contributed by atoms with Gasteiger partial charge in [-0.2, -0.15) is 4.31 Å². The number of piperazine rings is 1. The van der Waals surface area contributed by atoms with E-state index in [2.05, 4.69) is 4.90 Å². The van der Waals surface area contributed by atoms with Crippen molar-refractivity contribution in [1.82, 2.24) is 9.21 Å². The molecule has 0 unspecified atom stereocenters. The Balaban J connectivity index is 1.86. The van der Waals surface area contributed by atoms with Crippen LogP contribution >= 0.6 is 11.6 Å². The van der Waals surface area contributed by atoms with E-state index in [1.165, 1.54) is 4.31 Å². The number of hydrogen-bond acceptors (Lipinski definition) is 4. The Morgan fingerprint density at radius 3 is 2.53 bits per heavy atom. The van der Waals surface area contributed by atoms with Gasteiger partial charge in [-0.15, -0.1) is 11.6 Å². The SMILES string of the molecule is O=S(=O)(CCl)N1CCN(Cc2ccco2)CC1. The molecule has 0 aliphatic carbocycles. The maximum absolute atomic E-state index is 11.5. The van der Waals surface area contributed by atoms with Crippen molar-refractivity contribution in [3.05, 3.63) is 24.2 Å². The van der Waals surface area contributed by atoms with Gasteiger partial charge in [-0.1, -0.05) is 0 Å². The zero-order chi connectivity index (χ0) is 12.3. The highest BCUT2D eigenvalue weighted by Gasteiger charge is 2.26. The van der Waals surface area contributed by atoms with Gasteiger partial charge in [0.05, 0.1) is 12.8 Å². The van der Waals surface area contributed by atoms with E-state index in [4.69, 9.17) is 16.0 Å². The monoisotopic (exact) mass is 278 g/mol. The second-order valence-corrected chi connectivity index (χ2v) is 6.53. The van der Waals surface area contributed by atoms with Crippen LogP contribution in [0.25, 0.3) is 0 Å². The fraction of sp³-hybridized carbons (Fsp3) is 0.600. The molecule has 5 nitrogen and oxygen atoms in total. The molecule has 0 bridgehead atoms. The van der Waals surface area contributed by atoms with E-state index in [0.29, 0.717) is 26.2 Å². The second-order valence-electron chi connectivity index (χ2n) is 3.98. The van der Waals surface area contributed by atoms with Gasteiger partial charge in [0, 0.05) is 26.2 Å². The number of nitrogens with zero attached hydrogens (tertiary/aromatic N) is 2. The number of alkyl halides is 1. The first-order chi connectivity index (χ1) is 8.12. The van der Waals surface area contributed by atoms with Crippen LogP contribution in [0.1, 0.15) is 5.76 Å². The van der Waals surface area contributed by atoms with Gasteiger partial charge in [0.15, 0.2) is 0 Å². The summed E-state index contributed by atoms with van der Waals surface area (Å²) in [7, 11) is -3.26. The van der Waals surface area contributed by atoms with Crippen LogP contribution in [0, 0.1) is 0 Å². The van der Waals surface area contributed by atoms with Crippen molar-refractivity contribution in [2.45, 2.75) is 6.54 Å². The molecule has 7 heteroatoms. The molecule has 1 aliphatic heterocycles. The summed E-state index contributed by atoms with van der Waals surface area (Å²) in [5, 5.41) is -0.342. The molecule has 96 valence electrons. The van der Waals surface area contributed by atoms with Gasteiger partial charge in [-0.3, -0.25) is 4.90 Å². The Morgan fingerprint density at radius 2 is 2.00 bits per heavy atom. The summed E-state index contributed by atoms with van der Waals surface area (Å²) in [6.07, 6.45) is 1.64. The lowest BCUT2D eigenvalue weighted by Crippen LogP contribution is -2.48. The van der Waals surface area contributed by atoms with Crippen molar-refractivity contribution < 1.29 is 12.8 Å². The lowest BCUT2D eigenvalue weighted by atomic mass is 10.3. The normalized spacial score (nSPS) is 19.6. The summed E-state index contributed by atoms with van der Waals surface area (Å²) in [5.41, 5.74) is 0. The standard InChI is InChI=1S/C10H15ClN2O3S/c11-9-17(14,15)13-5-3-12(4-6-13)8-10-2-1-7-16-10/h1-2,7H,3-6,8-9H2. The zero-order valence-electron chi connectivity index (χ0n) is 9.38. The van der Waals surface area contributed by atoms with Crippen LogP contribution in [0.2, 0.25) is 0 Å². The second kappa shape index (κ2) is 5.39. The number of rotatable bonds is 4. The van der Waals surface area contributed by atoms with E-state index in [0.717, 1.165) is 12.3 Å². The van der Waals surface area contributed by atoms with Gasteiger partial charge >= 0.3 is 0 Å². The largest absolute Gasteiger partial charge is 0.468 e. The number of sulfonamides is 1. The Hall–Kier alpha value is -0.560. The summed E-state index contributed by atoms with van der Waals surface area (Å²) < 4.78 is 29.8. The molecular weight excluding hydrogens is 264 g/mol. The van der Waals surface area contributed by atoms with Crippen molar-refractivity contribution in [3.63, 3.8) is 0 Å². The maximum Gasteiger partial charge on any atom is 0.228 e. The summed E-state index contributed by atoms with van der Waals surface area (Å²) >= 11 is 5.42. The van der Waals surface area contributed by atoms with E-state index >= 15 is 0 Å². The smallest absolute Gasteiger partial charge is 0.228 e. The highest BCUT2D eigenvalue weighted by atomic mass is 35.5. The third-order valence-corrected chi connectivity index (χ3v) is 5.08. The highest BCUT2D eigenvalue weighted by Crippen LogP contribution is 2.12. The molecule has 1 aromatic rings. The Kier molecular flexibility index (Phi) is 4.09. The molecule has 0 saturated carbocycles. The summed E-state index contributed by atoms with van der Waals surface area (Å²) in [5.74, 6) is 0.902. The number of furan rings is 1. The van der Waals surface area contributed by atoms with Crippen LogP contribution < -0.4 is 0 Å². The molecule has 17 heavy (non-hydrogen) atoms. The predicted molar refractivity (Wildman–Crippen MR) is 65.2 cm³/mol. The molecular formula is C10H15ClN2O3S. The third-order valence-electron chi connectivity index (χ3n) is 2.82.